The van der Waals surface area contributed by atoms with Crippen molar-refractivity contribution in [1.82, 2.24) is 5.32 Å². The van der Waals surface area contributed by atoms with Gasteiger partial charge in [-0.1, -0.05) is 12.1 Å². The third-order valence-corrected chi connectivity index (χ3v) is 2.52. The normalized spacial score (nSPS) is 11.1. The van der Waals surface area contributed by atoms with Crippen molar-refractivity contribution in [2.24, 2.45) is 11.5 Å². The van der Waals surface area contributed by atoms with Crippen LogP contribution in [0.3, 0.4) is 0 Å². The Hall–Kier alpha value is -1.88. The van der Waals surface area contributed by atoms with Gasteiger partial charge in [-0.05, 0) is 31.5 Å². The van der Waals surface area contributed by atoms with Crippen molar-refractivity contribution in [1.29, 1.82) is 0 Å². The summed E-state index contributed by atoms with van der Waals surface area (Å²) in [6, 6.07) is 7.02. The van der Waals surface area contributed by atoms with Gasteiger partial charge in [0.05, 0.1) is 0 Å². The van der Waals surface area contributed by atoms with Gasteiger partial charge in [-0.15, -0.1) is 0 Å². The molecule has 5 N–H and O–H groups in total. The van der Waals surface area contributed by atoms with Crippen LogP contribution >= 0.6 is 0 Å². The van der Waals surface area contributed by atoms with Crippen LogP contribution < -0.4 is 16.8 Å². The predicted octanol–water partition coefficient (Wildman–Crippen LogP) is 0.529. The summed E-state index contributed by atoms with van der Waals surface area (Å²) in [5, 5.41) is 2.77. The van der Waals surface area contributed by atoms with E-state index in [1.165, 1.54) is 0 Å². The smallest absolute Gasteiger partial charge is 0.251 e. The molecule has 0 saturated heterocycles. The molecule has 1 rings (SSSR count). The Morgan fingerprint density at radius 3 is 2.22 bits per heavy atom. The Kier molecular flexibility index (Phi) is 4.44. The summed E-state index contributed by atoms with van der Waals surface area (Å²) < 4.78 is 0. The number of carbonyl (C=O) groups is 2. The number of benzene rings is 1. The average Bonchev–Trinajstić information content (AvgIpc) is 2.26. The lowest BCUT2D eigenvalue weighted by atomic mass is 9.99. The highest BCUT2D eigenvalue weighted by Gasteiger charge is 2.23. The van der Waals surface area contributed by atoms with Crippen molar-refractivity contribution in [3.8, 4) is 0 Å². The zero-order valence-electron chi connectivity index (χ0n) is 10.7. The highest BCUT2D eigenvalue weighted by atomic mass is 16.2. The van der Waals surface area contributed by atoms with E-state index in [-0.39, 0.29) is 12.3 Å². The summed E-state index contributed by atoms with van der Waals surface area (Å²) in [6.07, 6.45) is 0.0968. The minimum Gasteiger partial charge on any atom is -0.370 e. The molecule has 5 heteroatoms. The molecule has 0 aliphatic carbocycles. The fraction of sp³-hybridized carbons (Fsp3) is 0.385. The predicted molar refractivity (Wildman–Crippen MR) is 69.7 cm³/mol. The van der Waals surface area contributed by atoms with Gasteiger partial charge in [-0.3, -0.25) is 9.59 Å². The summed E-state index contributed by atoms with van der Waals surface area (Å²) >= 11 is 0. The minimum atomic E-state index is -0.657. The van der Waals surface area contributed by atoms with Crippen LogP contribution in [0, 0.1) is 0 Å². The highest BCUT2D eigenvalue weighted by molar-refractivity contribution is 5.95. The molecule has 0 fully saturated rings. The molecule has 0 saturated carbocycles. The average molecular weight is 249 g/mol. The topological polar surface area (TPSA) is 98.2 Å². The Bertz CT molecular complexity index is 438. The molecule has 0 aliphatic heterocycles. The van der Waals surface area contributed by atoms with Crippen LogP contribution in [0.2, 0.25) is 0 Å². The molecule has 0 bridgehead atoms. The van der Waals surface area contributed by atoms with E-state index in [4.69, 9.17) is 11.5 Å². The lowest BCUT2D eigenvalue weighted by Crippen LogP contribution is -2.46. The van der Waals surface area contributed by atoms with Crippen LogP contribution in [-0.2, 0) is 11.3 Å². The van der Waals surface area contributed by atoms with E-state index >= 15 is 0 Å². The molecule has 5 nitrogen and oxygen atoms in total. The summed E-state index contributed by atoms with van der Waals surface area (Å²) in [5.74, 6) is -0.677. The molecule has 0 unspecified atom stereocenters. The summed E-state index contributed by atoms with van der Waals surface area (Å²) in [5.41, 5.74) is 11.4. The van der Waals surface area contributed by atoms with E-state index in [2.05, 4.69) is 5.32 Å². The number of amides is 2. The molecule has 98 valence electrons. The second kappa shape index (κ2) is 5.64. The first-order chi connectivity index (χ1) is 8.34. The van der Waals surface area contributed by atoms with Crippen LogP contribution in [0.15, 0.2) is 24.3 Å². The van der Waals surface area contributed by atoms with Gasteiger partial charge < -0.3 is 16.8 Å². The Labute approximate surface area is 107 Å². The number of rotatable bonds is 5. The Morgan fingerprint density at radius 2 is 1.78 bits per heavy atom. The molecule has 0 heterocycles. The standard InChI is InChI=1S/C13H19N3O2/c1-13(2,7-11(15)17)16-12(18)10-5-3-9(8-14)4-6-10/h3-6H,7-8,14H2,1-2H3,(H2,15,17)(H,16,18). The van der Waals surface area contributed by atoms with Crippen LogP contribution in [0.4, 0.5) is 0 Å². The molecule has 0 radical (unpaired) electrons. The number of primary amides is 1. The summed E-state index contributed by atoms with van der Waals surface area (Å²) in [6.45, 7) is 3.95. The van der Waals surface area contributed by atoms with Gasteiger partial charge in [0, 0.05) is 24.1 Å². The first-order valence-corrected chi connectivity index (χ1v) is 5.74. The molecule has 1 aromatic rings. The second-order valence-electron chi connectivity index (χ2n) is 4.88. The molecule has 1 aromatic carbocycles. The van der Waals surface area contributed by atoms with Gasteiger partial charge in [-0.2, -0.15) is 0 Å². The zero-order valence-corrected chi connectivity index (χ0v) is 10.7. The third-order valence-electron chi connectivity index (χ3n) is 2.52. The quantitative estimate of drug-likeness (QED) is 0.709. The van der Waals surface area contributed by atoms with E-state index in [1.54, 1.807) is 38.1 Å². The molecule has 0 aliphatic rings. The lowest BCUT2D eigenvalue weighted by Gasteiger charge is -2.24. The van der Waals surface area contributed by atoms with Crippen molar-refractivity contribution < 1.29 is 9.59 Å². The number of carbonyl (C=O) groups excluding carboxylic acids is 2. The van der Waals surface area contributed by atoms with Gasteiger partial charge in [0.25, 0.3) is 5.91 Å². The Balaban J connectivity index is 2.72. The summed E-state index contributed by atoms with van der Waals surface area (Å²) in [4.78, 5) is 22.8. The Morgan fingerprint density at radius 1 is 1.22 bits per heavy atom. The van der Waals surface area contributed by atoms with Crippen molar-refractivity contribution in [3.05, 3.63) is 35.4 Å². The van der Waals surface area contributed by atoms with Crippen LogP contribution in [-0.4, -0.2) is 17.4 Å². The number of nitrogens with two attached hydrogens (primary N) is 2. The molecule has 18 heavy (non-hydrogen) atoms. The molecule has 2 amide bonds. The van der Waals surface area contributed by atoms with Gasteiger partial charge in [0.15, 0.2) is 0 Å². The molecule has 0 atom stereocenters. The van der Waals surface area contributed by atoms with Gasteiger partial charge in [-0.25, -0.2) is 0 Å². The molecular formula is C13H19N3O2. The number of hydrogen-bond donors (Lipinski definition) is 3. The van der Waals surface area contributed by atoms with Crippen LogP contribution in [0.5, 0.6) is 0 Å². The SMILES string of the molecule is CC(C)(CC(N)=O)NC(=O)c1ccc(CN)cc1. The van der Waals surface area contributed by atoms with E-state index in [0.717, 1.165) is 5.56 Å². The van der Waals surface area contributed by atoms with Crippen molar-refractivity contribution in [2.45, 2.75) is 32.4 Å². The number of hydrogen-bond acceptors (Lipinski definition) is 3. The fourth-order valence-corrected chi connectivity index (χ4v) is 1.65. The number of nitrogens with one attached hydrogen (secondary N) is 1. The maximum absolute atomic E-state index is 11.9. The van der Waals surface area contributed by atoms with Crippen LogP contribution in [0.1, 0.15) is 36.2 Å². The van der Waals surface area contributed by atoms with Crippen LogP contribution in [0.25, 0.3) is 0 Å². The van der Waals surface area contributed by atoms with E-state index in [9.17, 15) is 9.59 Å². The lowest BCUT2D eigenvalue weighted by molar-refractivity contribution is -0.119. The first-order valence-electron chi connectivity index (χ1n) is 5.74. The van der Waals surface area contributed by atoms with Crippen molar-refractivity contribution in [2.75, 3.05) is 0 Å². The van der Waals surface area contributed by atoms with E-state index < -0.39 is 11.4 Å². The fourth-order valence-electron chi connectivity index (χ4n) is 1.65. The van der Waals surface area contributed by atoms with Crippen molar-refractivity contribution in [3.63, 3.8) is 0 Å². The molecule has 0 aromatic heterocycles. The van der Waals surface area contributed by atoms with Crippen molar-refractivity contribution >= 4 is 11.8 Å². The minimum absolute atomic E-state index is 0.0968. The van der Waals surface area contributed by atoms with E-state index in [0.29, 0.717) is 12.1 Å². The largest absolute Gasteiger partial charge is 0.370 e. The third kappa shape index (κ3) is 4.18. The summed E-state index contributed by atoms with van der Waals surface area (Å²) in [7, 11) is 0. The van der Waals surface area contributed by atoms with E-state index in [1.807, 2.05) is 0 Å². The second-order valence-corrected chi connectivity index (χ2v) is 4.88. The first kappa shape index (κ1) is 14.2. The monoisotopic (exact) mass is 249 g/mol. The molecule has 0 spiro atoms. The van der Waals surface area contributed by atoms with Gasteiger partial charge in [0.2, 0.25) is 5.91 Å². The maximum Gasteiger partial charge on any atom is 0.251 e. The maximum atomic E-state index is 11.9. The highest BCUT2D eigenvalue weighted by Crippen LogP contribution is 2.10. The van der Waals surface area contributed by atoms with Gasteiger partial charge in [0.1, 0.15) is 0 Å². The van der Waals surface area contributed by atoms with Gasteiger partial charge >= 0.3 is 0 Å². The molecular weight excluding hydrogens is 230 g/mol. The zero-order chi connectivity index (χ0) is 13.8.